The first-order chi connectivity index (χ1) is 9.00. The molecule has 1 aliphatic heterocycles. The van der Waals surface area contributed by atoms with Gasteiger partial charge in [0.1, 0.15) is 11.4 Å². The first kappa shape index (κ1) is 14.4. The maximum absolute atomic E-state index is 12.4. The van der Waals surface area contributed by atoms with Crippen molar-refractivity contribution in [1.29, 1.82) is 0 Å². The van der Waals surface area contributed by atoms with Crippen molar-refractivity contribution >= 4 is 27.8 Å². The summed E-state index contributed by atoms with van der Waals surface area (Å²) < 4.78 is 27.3. The summed E-state index contributed by atoms with van der Waals surface area (Å²) in [6.45, 7) is 0.641. The number of aromatic nitrogens is 2. The Morgan fingerprint density at radius 2 is 2.21 bits per heavy atom. The van der Waals surface area contributed by atoms with Gasteiger partial charge in [0.15, 0.2) is 0 Å². The third-order valence-corrected chi connectivity index (χ3v) is 5.63. The number of nitrogens with zero attached hydrogens (tertiary/aromatic N) is 3. The maximum Gasteiger partial charge on any atom is 0.325 e. The van der Waals surface area contributed by atoms with Crippen LogP contribution in [0.15, 0.2) is 17.3 Å². The van der Waals surface area contributed by atoms with Crippen molar-refractivity contribution in [2.75, 3.05) is 24.6 Å². The standard InChI is InChI=1S/C10H15N3O4S2/c14-10(15)8-12-7-9(6-11-12)19(16,17)13-2-1-4-18-5-3-13/h6-7H,1-5,8H2,(H,14,15). The summed E-state index contributed by atoms with van der Waals surface area (Å²) in [5, 5.41) is 12.4. The van der Waals surface area contributed by atoms with Crippen LogP contribution in [-0.2, 0) is 21.4 Å². The minimum Gasteiger partial charge on any atom is -0.480 e. The summed E-state index contributed by atoms with van der Waals surface area (Å²) in [5.74, 6) is 0.686. The largest absolute Gasteiger partial charge is 0.480 e. The summed E-state index contributed by atoms with van der Waals surface area (Å²) in [4.78, 5) is 10.6. The molecule has 0 bridgehead atoms. The third kappa shape index (κ3) is 3.48. The van der Waals surface area contributed by atoms with Crippen molar-refractivity contribution < 1.29 is 18.3 Å². The lowest BCUT2D eigenvalue weighted by Gasteiger charge is -2.18. The summed E-state index contributed by atoms with van der Waals surface area (Å²) in [6.07, 6.45) is 3.30. The molecule has 7 nitrogen and oxygen atoms in total. The molecule has 0 amide bonds. The summed E-state index contributed by atoms with van der Waals surface area (Å²) in [6, 6.07) is 0. The fraction of sp³-hybridized carbons (Fsp3) is 0.600. The van der Waals surface area contributed by atoms with Crippen LogP contribution in [0.3, 0.4) is 0 Å². The van der Waals surface area contributed by atoms with Gasteiger partial charge in [-0.1, -0.05) is 0 Å². The smallest absolute Gasteiger partial charge is 0.325 e. The number of carboxylic acid groups (broad SMARTS) is 1. The van der Waals surface area contributed by atoms with E-state index in [9.17, 15) is 13.2 Å². The highest BCUT2D eigenvalue weighted by molar-refractivity contribution is 7.99. The van der Waals surface area contributed by atoms with Gasteiger partial charge >= 0.3 is 5.97 Å². The van der Waals surface area contributed by atoms with Gasteiger partial charge in [0.25, 0.3) is 0 Å². The quantitative estimate of drug-likeness (QED) is 0.848. The predicted molar refractivity (Wildman–Crippen MR) is 70.6 cm³/mol. The number of hydrogen-bond acceptors (Lipinski definition) is 5. The number of carboxylic acids is 1. The minimum absolute atomic E-state index is 0.0562. The van der Waals surface area contributed by atoms with Crippen LogP contribution in [0.1, 0.15) is 6.42 Å². The summed E-state index contributed by atoms with van der Waals surface area (Å²) >= 11 is 1.74. The van der Waals surface area contributed by atoms with Gasteiger partial charge < -0.3 is 5.11 Å². The van der Waals surface area contributed by atoms with Crippen LogP contribution < -0.4 is 0 Å². The van der Waals surface area contributed by atoms with Crippen molar-refractivity contribution in [2.24, 2.45) is 0 Å². The molecule has 0 spiro atoms. The second-order valence-corrected chi connectivity index (χ2v) is 7.30. The molecule has 1 fully saturated rings. The van der Waals surface area contributed by atoms with Crippen LogP contribution in [0.5, 0.6) is 0 Å². The van der Waals surface area contributed by atoms with E-state index in [0.717, 1.165) is 22.6 Å². The Bertz CT molecular complexity index is 547. The molecular formula is C10H15N3O4S2. The Morgan fingerprint density at radius 3 is 2.95 bits per heavy atom. The lowest BCUT2D eigenvalue weighted by Crippen LogP contribution is -2.32. The number of aliphatic carboxylic acids is 1. The van der Waals surface area contributed by atoms with E-state index < -0.39 is 16.0 Å². The van der Waals surface area contributed by atoms with Gasteiger partial charge in [-0.05, 0) is 12.2 Å². The van der Waals surface area contributed by atoms with Crippen LogP contribution in [-0.4, -0.2) is 58.2 Å². The zero-order valence-corrected chi connectivity index (χ0v) is 11.9. The Hall–Kier alpha value is -1.06. The van der Waals surface area contributed by atoms with E-state index in [1.165, 1.54) is 16.7 Å². The van der Waals surface area contributed by atoms with Crippen LogP contribution in [0.4, 0.5) is 0 Å². The molecule has 19 heavy (non-hydrogen) atoms. The van der Waals surface area contributed by atoms with Crippen LogP contribution >= 0.6 is 11.8 Å². The van der Waals surface area contributed by atoms with Gasteiger partial charge in [-0.15, -0.1) is 0 Å². The van der Waals surface area contributed by atoms with Gasteiger partial charge in [-0.3, -0.25) is 9.48 Å². The Labute approximate surface area is 115 Å². The molecule has 1 saturated heterocycles. The Kier molecular flexibility index (Phi) is 4.48. The number of carbonyl (C=O) groups is 1. The van der Waals surface area contributed by atoms with E-state index >= 15 is 0 Å². The molecule has 1 aromatic heterocycles. The number of thioether (sulfide) groups is 1. The van der Waals surface area contributed by atoms with E-state index in [4.69, 9.17) is 5.11 Å². The monoisotopic (exact) mass is 305 g/mol. The molecule has 2 rings (SSSR count). The third-order valence-electron chi connectivity index (χ3n) is 2.73. The van der Waals surface area contributed by atoms with Crippen LogP contribution in [0, 0.1) is 0 Å². The van der Waals surface area contributed by atoms with E-state index in [1.807, 2.05) is 0 Å². The zero-order valence-electron chi connectivity index (χ0n) is 10.2. The second kappa shape index (κ2) is 5.93. The number of hydrogen-bond donors (Lipinski definition) is 1. The molecule has 1 N–H and O–H groups in total. The zero-order chi connectivity index (χ0) is 13.9. The molecular weight excluding hydrogens is 290 g/mol. The van der Waals surface area contributed by atoms with Crippen molar-refractivity contribution in [3.05, 3.63) is 12.4 Å². The first-order valence-corrected chi connectivity index (χ1v) is 8.42. The lowest BCUT2D eigenvalue weighted by molar-refractivity contribution is -0.137. The molecule has 1 aromatic rings. The van der Waals surface area contributed by atoms with Gasteiger partial charge in [0, 0.05) is 25.0 Å². The SMILES string of the molecule is O=C(O)Cn1cc(S(=O)(=O)N2CCCSCC2)cn1. The van der Waals surface area contributed by atoms with Crippen LogP contribution in [0.2, 0.25) is 0 Å². The second-order valence-electron chi connectivity index (χ2n) is 4.14. The van der Waals surface area contributed by atoms with Crippen molar-refractivity contribution in [2.45, 2.75) is 17.9 Å². The van der Waals surface area contributed by atoms with E-state index in [0.29, 0.717) is 13.1 Å². The highest BCUT2D eigenvalue weighted by Gasteiger charge is 2.26. The topological polar surface area (TPSA) is 92.5 Å². The summed E-state index contributed by atoms with van der Waals surface area (Å²) in [5.41, 5.74) is 0. The van der Waals surface area contributed by atoms with Crippen molar-refractivity contribution in [3.8, 4) is 0 Å². The molecule has 2 heterocycles. The lowest BCUT2D eigenvalue weighted by atomic mass is 10.5. The van der Waals surface area contributed by atoms with E-state index in [2.05, 4.69) is 5.10 Å². The average Bonchev–Trinajstić information content (AvgIpc) is 2.64. The van der Waals surface area contributed by atoms with E-state index in [1.54, 1.807) is 11.8 Å². The molecule has 1 aliphatic rings. The van der Waals surface area contributed by atoms with Crippen molar-refractivity contribution in [1.82, 2.24) is 14.1 Å². The molecule has 0 aromatic carbocycles. The summed E-state index contributed by atoms with van der Waals surface area (Å²) in [7, 11) is -3.56. The van der Waals surface area contributed by atoms with Gasteiger partial charge in [0.2, 0.25) is 10.0 Å². The number of sulfonamides is 1. The fourth-order valence-electron chi connectivity index (χ4n) is 1.82. The molecule has 0 atom stereocenters. The van der Waals surface area contributed by atoms with Crippen molar-refractivity contribution in [3.63, 3.8) is 0 Å². The highest BCUT2D eigenvalue weighted by Crippen LogP contribution is 2.19. The molecule has 0 unspecified atom stereocenters. The molecule has 0 aliphatic carbocycles. The van der Waals surface area contributed by atoms with Gasteiger partial charge in [-0.2, -0.15) is 21.2 Å². The maximum atomic E-state index is 12.4. The van der Waals surface area contributed by atoms with Gasteiger partial charge in [0.05, 0.1) is 6.20 Å². The highest BCUT2D eigenvalue weighted by atomic mass is 32.2. The Morgan fingerprint density at radius 1 is 1.42 bits per heavy atom. The minimum atomic E-state index is -3.56. The van der Waals surface area contributed by atoms with Gasteiger partial charge in [-0.25, -0.2) is 8.42 Å². The fourth-order valence-corrected chi connectivity index (χ4v) is 4.25. The Balaban J connectivity index is 2.18. The average molecular weight is 305 g/mol. The molecule has 9 heteroatoms. The molecule has 0 saturated carbocycles. The molecule has 106 valence electrons. The predicted octanol–water partition coefficient (Wildman–Crippen LogP) is 0.0953. The normalized spacial score (nSPS) is 18.1. The molecule has 0 radical (unpaired) electrons. The van der Waals surface area contributed by atoms with E-state index in [-0.39, 0.29) is 11.4 Å². The van der Waals surface area contributed by atoms with Crippen LogP contribution in [0.25, 0.3) is 0 Å². The number of rotatable bonds is 4. The first-order valence-electron chi connectivity index (χ1n) is 5.82.